The topological polar surface area (TPSA) is 64.3 Å². The van der Waals surface area contributed by atoms with Crippen LogP contribution in [0.4, 0.5) is 15.8 Å². The van der Waals surface area contributed by atoms with Crippen LogP contribution in [0.2, 0.25) is 0 Å². The number of carbonyl (C=O) groups is 1. The van der Waals surface area contributed by atoms with E-state index < -0.39 is 11.9 Å². The van der Waals surface area contributed by atoms with E-state index in [-0.39, 0.29) is 10.4 Å². The van der Waals surface area contributed by atoms with Crippen LogP contribution in [0.5, 0.6) is 5.75 Å². The van der Waals surface area contributed by atoms with Gasteiger partial charge in [0.05, 0.1) is 15.8 Å². The van der Waals surface area contributed by atoms with E-state index in [0.29, 0.717) is 17.1 Å². The third kappa shape index (κ3) is 3.95. The van der Waals surface area contributed by atoms with Crippen molar-refractivity contribution < 1.29 is 13.9 Å². The molecule has 6 heteroatoms. The highest BCUT2D eigenvalue weighted by Crippen LogP contribution is 2.23. The van der Waals surface area contributed by atoms with Crippen molar-refractivity contribution in [3.63, 3.8) is 0 Å². The van der Waals surface area contributed by atoms with Gasteiger partial charge in [0, 0.05) is 0 Å². The molecule has 0 heterocycles. The minimum Gasteiger partial charge on any atom is -0.481 e. The molecule has 0 radical (unpaired) electrons. The van der Waals surface area contributed by atoms with E-state index in [1.54, 1.807) is 31.2 Å². The van der Waals surface area contributed by atoms with Gasteiger partial charge in [0.25, 0.3) is 5.91 Å². The summed E-state index contributed by atoms with van der Waals surface area (Å²) in [6.07, 6.45) is -0.748. The van der Waals surface area contributed by atoms with E-state index in [2.05, 4.69) is 21.2 Å². The SMILES string of the molecule is CC(Oc1ccc(F)c(Br)c1)C(=O)Nc1ccccc1N. The molecule has 3 N–H and O–H groups in total. The highest BCUT2D eigenvalue weighted by Gasteiger charge is 2.16. The number of benzene rings is 2. The molecule has 0 aliphatic heterocycles. The summed E-state index contributed by atoms with van der Waals surface area (Å²) in [5.41, 5.74) is 6.76. The van der Waals surface area contributed by atoms with E-state index >= 15 is 0 Å². The molecule has 0 saturated heterocycles. The largest absolute Gasteiger partial charge is 0.481 e. The van der Waals surface area contributed by atoms with Crippen LogP contribution in [0.15, 0.2) is 46.9 Å². The summed E-state index contributed by atoms with van der Waals surface area (Å²) in [7, 11) is 0. The molecule has 21 heavy (non-hydrogen) atoms. The number of nitrogens with one attached hydrogen (secondary N) is 1. The Labute approximate surface area is 130 Å². The zero-order valence-corrected chi connectivity index (χ0v) is 12.9. The number of rotatable bonds is 4. The van der Waals surface area contributed by atoms with Crippen molar-refractivity contribution in [3.05, 3.63) is 52.8 Å². The van der Waals surface area contributed by atoms with Crippen LogP contribution in [0, 0.1) is 5.82 Å². The number of para-hydroxylation sites is 2. The maximum absolute atomic E-state index is 13.1. The van der Waals surface area contributed by atoms with Gasteiger partial charge in [-0.3, -0.25) is 4.79 Å². The first-order valence-corrected chi connectivity index (χ1v) is 7.03. The third-order valence-corrected chi connectivity index (χ3v) is 3.40. The standard InChI is InChI=1S/C15H14BrFN2O2/c1-9(21-10-6-7-12(17)11(16)8-10)15(20)19-14-5-3-2-4-13(14)18/h2-9H,18H2,1H3,(H,19,20). The third-order valence-electron chi connectivity index (χ3n) is 2.79. The molecule has 2 aromatic rings. The van der Waals surface area contributed by atoms with Crippen LogP contribution >= 0.6 is 15.9 Å². The van der Waals surface area contributed by atoms with Crippen molar-refractivity contribution >= 4 is 33.2 Å². The Balaban J connectivity index is 2.02. The highest BCUT2D eigenvalue weighted by molar-refractivity contribution is 9.10. The predicted octanol–water partition coefficient (Wildman–Crippen LogP) is 3.58. The van der Waals surface area contributed by atoms with Gasteiger partial charge in [0.2, 0.25) is 0 Å². The van der Waals surface area contributed by atoms with E-state index in [1.165, 1.54) is 18.2 Å². The molecule has 1 amide bonds. The fraction of sp³-hybridized carbons (Fsp3) is 0.133. The maximum atomic E-state index is 13.1. The lowest BCUT2D eigenvalue weighted by molar-refractivity contribution is -0.122. The van der Waals surface area contributed by atoms with Crippen molar-refractivity contribution in [2.45, 2.75) is 13.0 Å². The molecule has 4 nitrogen and oxygen atoms in total. The summed E-state index contributed by atoms with van der Waals surface area (Å²) in [5.74, 6) is -0.336. The number of anilines is 2. The Morgan fingerprint density at radius 2 is 2.05 bits per heavy atom. The number of halogens is 2. The number of hydrogen-bond donors (Lipinski definition) is 2. The molecule has 0 aromatic heterocycles. The zero-order chi connectivity index (χ0) is 15.4. The van der Waals surface area contributed by atoms with Crippen LogP contribution < -0.4 is 15.8 Å². The molecular weight excluding hydrogens is 339 g/mol. The Bertz CT molecular complexity index is 664. The lowest BCUT2D eigenvalue weighted by Crippen LogP contribution is -2.30. The second kappa shape index (κ2) is 6.58. The van der Waals surface area contributed by atoms with Crippen LogP contribution in [0.1, 0.15) is 6.92 Å². The molecule has 0 bridgehead atoms. The maximum Gasteiger partial charge on any atom is 0.265 e. The summed E-state index contributed by atoms with van der Waals surface area (Å²) in [6.45, 7) is 1.60. The number of carbonyl (C=O) groups excluding carboxylic acids is 1. The first kappa shape index (κ1) is 15.3. The molecule has 0 saturated carbocycles. The minimum absolute atomic E-state index is 0.278. The van der Waals surface area contributed by atoms with Crippen molar-refractivity contribution in [2.75, 3.05) is 11.1 Å². The average Bonchev–Trinajstić information content (AvgIpc) is 2.45. The van der Waals surface area contributed by atoms with Crippen molar-refractivity contribution in [1.82, 2.24) is 0 Å². The van der Waals surface area contributed by atoms with Crippen molar-refractivity contribution in [2.24, 2.45) is 0 Å². The zero-order valence-electron chi connectivity index (χ0n) is 11.3. The van der Waals surface area contributed by atoms with Crippen LogP contribution in [-0.4, -0.2) is 12.0 Å². The van der Waals surface area contributed by atoms with Gasteiger partial charge in [-0.2, -0.15) is 0 Å². The van der Waals surface area contributed by atoms with Crippen LogP contribution in [0.25, 0.3) is 0 Å². The highest BCUT2D eigenvalue weighted by atomic mass is 79.9. The molecule has 110 valence electrons. The smallest absolute Gasteiger partial charge is 0.265 e. The van der Waals surface area contributed by atoms with E-state index in [1.807, 2.05) is 0 Å². The average molecular weight is 353 g/mol. The van der Waals surface area contributed by atoms with Gasteiger partial charge in [-0.1, -0.05) is 12.1 Å². The van der Waals surface area contributed by atoms with Gasteiger partial charge in [0.15, 0.2) is 6.10 Å². The fourth-order valence-corrected chi connectivity index (χ4v) is 2.01. The summed E-state index contributed by atoms with van der Waals surface area (Å²) in [4.78, 5) is 12.0. The Hall–Kier alpha value is -2.08. The van der Waals surface area contributed by atoms with Crippen LogP contribution in [0.3, 0.4) is 0 Å². The van der Waals surface area contributed by atoms with Gasteiger partial charge in [-0.25, -0.2) is 4.39 Å². The molecule has 2 aromatic carbocycles. The molecule has 1 atom stereocenters. The number of nitrogen functional groups attached to an aromatic ring is 1. The minimum atomic E-state index is -0.748. The van der Waals surface area contributed by atoms with E-state index in [9.17, 15) is 9.18 Å². The van der Waals surface area contributed by atoms with Crippen LogP contribution in [-0.2, 0) is 4.79 Å². The monoisotopic (exact) mass is 352 g/mol. The Morgan fingerprint density at radius 1 is 1.33 bits per heavy atom. The normalized spacial score (nSPS) is 11.8. The lowest BCUT2D eigenvalue weighted by atomic mass is 10.2. The summed E-state index contributed by atoms with van der Waals surface area (Å²) >= 11 is 3.06. The first-order chi connectivity index (χ1) is 9.97. The first-order valence-electron chi connectivity index (χ1n) is 6.24. The Morgan fingerprint density at radius 3 is 2.71 bits per heavy atom. The predicted molar refractivity (Wildman–Crippen MR) is 83.7 cm³/mol. The van der Waals surface area contributed by atoms with Gasteiger partial charge < -0.3 is 15.8 Å². The molecule has 0 spiro atoms. The molecule has 1 unspecified atom stereocenters. The summed E-state index contributed by atoms with van der Waals surface area (Å²) in [6, 6.07) is 11.1. The molecule has 0 aliphatic rings. The number of ether oxygens (including phenoxy) is 1. The molecular formula is C15H14BrFN2O2. The quantitative estimate of drug-likeness (QED) is 0.826. The van der Waals surface area contributed by atoms with Gasteiger partial charge in [-0.15, -0.1) is 0 Å². The van der Waals surface area contributed by atoms with E-state index in [4.69, 9.17) is 10.5 Å². The fourth-order valence-electron chi connectivity index (χ4n) is 1.65. The molecule has 0 aliphatic carbocycles. The van der Waals surface area contributed by atoms with Gasteiger partial charge >= 0.3 is 0 Å². The van der Waals surface area contributed by atoms with Crippen molar-refractivity contribution in [1.29, 1.82) is 0 Å². The number of amides is 1. The Kier molecular flexibility index (Phi) is 4.80. The van der Waals surface area contributed by atoms with Crippen molar-refractivity contribution in [3.8, 4) is 5.75 Å². The molecule has 2 rings (SSSR count). The second-order valence-corrected chi connectivity index (χ2v) is 5.27. The lowest BCUT2D eigenvalue weighted by Gasteiger charge is -2.15. The summed E-state index contributed by atoms with van der Waals surface area (Å²) in [5, 5.41) is 2.68. The second-order valence-electron chi connectivity index (χ2n) is 4.41. The van der Waals surface area contributed by atoms with Gasteiger partial charge in [-0.05, 0) is 53.2 Å². The number of hydrogen-bond acceptors (Lipinski definition) is 3. The molecule has 0 fully saturated rings. The number of nitrogens with two attached hydrogens (primary N) is 1. The van der Waals surface area contributed by atoms with Gasteiger partial charge in [0.1, 0.15) is 11.6 Å². The van der Waals surface area contributed by atoms with E-state index in [0.717, 1.165) is 0 Å². The summed E-state index contributed by atoms with van der Waals surface area (Å²) < 4.78 is 18.9.